The zero-order chi connectivity index (χ0) is 14.9. The normalized spacial score (nSPS) is 24.9. The highest BCUT2D eigenvalue weighted by molar-refractivity contribution is 5.45. The fourth-order valence-corrected chi connectivity index (χ4v) is 3.84. The van der Waals surface area contributed by atoms with Crippen molar-refractivity contribution in [3.8, 4) is 5.75 Å². The van der Waals surface area contributed by atoms with Crippen LogP contribution in [-0.2, 0) is 5.41 Å². The number of benzene rings is 2. The van der Waals surface area contributed by atoms with Gasteiger partial charge in [0.05, 0.1) is 0 Å². The van der Waals surface area contributed by atoms with Crippen LogP contribution in [0.5, 0.6) is 5.75 Å². The Labute approximate surface area is 127 Å². The molecule has 1 nitrogen and oxygen atoms in total. The minimum atomic E-state index is 0.00312. The van der Waals surface area contributed by atoms with Crippen LogP contribution in [0.4, 0.5) is 0 Å². The molecule has 0 aromatic heterocycles. The van der Waals surface area contributed by atoms with Gasteiger partial charge in [-0.05, 0) is 48.9 Å². The lowest BCUT2D eigenvalue weighted by Crippen LogP contribution is -2.31. The molecular weight excluding hydrogens is 256 g/mol. The van der Waals surface area contributed by atoms with Crippen LogP contribution in [-0.4, -0.2) is 5.11 Å². The third-order valence-corrected chi connectivity index (χ3v) is 4.95. The fourth-order valence-electron chi connectivity index (χ4n) is 3.84. The standard InChI is InChI=1S/C20H22O/c1-3-16-5-4-14-20(16,17-8-6-15(2)7-9-17)18-10-12-19(21)13-11-18/h3,6-13,16,21H,1,4-5,14H2,2H3. The summed E-state index contributed by atoms with van der Waals surface area (Å²) in [7, 11) is 0. The first kappa shape index (κ1) is 13.9. The predicted molar refractivity (Wildman–Crippen MR) is 87.6 cm³/mol. The second-order valence-corrected chi connectivity index (χ2v) is 6.12. The van der Waals surface area contributed by atoms with E-state index in [2.05, 4.69) is 56.0 Å². The smallest absolute Gasteiger partial charge is 0.115 e. The molecule has 2 aromatic rings. The summed E-state index contributed by atoms with van der Waals surface area (Å²) in [6.45, 7) is 6.20. The topological polar surface area (TPSA) is 20.2 Å². The summed E-state index contributed by atoms with van der Waals surface area (Å²) in [5.74, 6) is 0.774. The highest BCUT2D eigenvalue weighted by atomic mass is 16.3. The molecule has 1 heteroatoms. The van der Waals surface area contributed by atoms with Crippen molar-refractivity contribution in [3.63, 3.8) is 0 Å². The minimum absolute atomic E-state index is 0.00312. The zero-order valence-electron chi connectivity index (χ0n) is 12.5. The van der Waals surface area contributed by atoms with Crippen molar-refractivity contribution in [1.29, 1.82) is 0 Å². The quantitative estimate of drug-likeness (QED) is 0.786. The van der Waals surface area contributed by atoms with E-state index < -0.39 is 0 Å². The van der Waals surface area contributed by atoms with E-state index in [-0.39, 0.29) is 5.41 Å². The minimum Gasteiger partial charge on any atom is -0.508 e. The molecule has 1 aliphatic rings. The molecule has 0 bridgehead atoms. The van der Waals surface area contributed by atoms with E-state index in [0.717, 1.165) is 6.42 Å². The van der Waals surface area contributed by atoms with Crippen LogP contribution in [0.1, 0.15) is 36.0 Å². The maximum Gasteiger partial charge on any atom is 0.115 e. The van der Waals surface area contributed by atoms with E-state index in [9.17, 15) is 5.11 Å². The van der Waals surface area contributed by atoms with E-state index in [1.54, 1.807) is 12.1 Å². The highest BCUT2D eigenvalue weighted by Crippen LogP contribution is 2.51. The largest absolute Gasteiger partial charge is 0.508 e. The lowest BCUT2D eigenvalue weighted by Gasteiger charge is -2.36. The SMILES string of the molecule is C=CC1CCCC1(c1ccc(C)cc1)c1ccc(O)cc1. The van der Waals surface area contributed by atoms with Crippen LogP contribution in [0.25, 0.3) is 0 Å². The van der Waals surface area contributed by atoms with E-state index in [1.165, 1.54) is 29.5 Å². The molecule has 2 aromatic carbocycles. The van der Waals surface area contributed by atoms with Crippen LogP contribution < -0.4 is 0 Å². The summed E-state index contributed by atoms with van der Waals surface area (Å²) < 4.78 is 0. The Morgan fingerprint density at radius 1 is 1.05 bits per heavy atom. The van der Waals surface area contributed by atoms with Crippen LogP contribution in [0.2, 0.25) is 0 Å². The Balaban J connectivity index is 2.17. The van der Waals surface area contributed by atoms with Gasteiger partial charge in [0.15, 0.2) is 0 Å². The van der Waals surface area contributed by atoms with Crippen LogP contribution in [0, 0.1) is 12.8 Å². The second kappa shape index (κ2) is 5.40. The summed E-state index contributed by atoms with van der Waals surface area (Å²) in [6.07, 6.45) is 5.64. The predicted octanol–water partition coefficient (Wildman–Crippen LogP) is 4.97. The van der Waals surface area contributed by atoms with Gasteiger partial charge in [0.25, 0.3) is 0 Å². The van der Waals surface area contributed by atoms with Crippen LogP contribution in [0.15, 0.2) is 61.2 Å². The Morgan fingerprint density at radius 3 is 2.19 bits per heavy atom. The van der Waals surface area contributed by atoms with Gasteiger partial charge in [0.2, 0.25) is 0 Å². The van der Waals surface area contributed by atoms with E-state index in [0.29, 0.717) is 11.7 Å². The molecule has 0 heterocycles. The van der Waals surface area contributed by atoms with Gasteiger partial charge < -0.3 is 5.11 Å². The molecule has 2 unspecified atom stereocenters. The molecule has 1 N–H and O–H groups in total. The summed E-state index contributed by atoms with van der Waals surface area (Å²) in [5.41, 5.74) is 3.93. The molecule has 0 spiro atoms. The first-order valence-electron chi connectivity index (χ1n) is 7.66. The molecular formula is C20H22O. The number of phenols is 1. The first-order valence-corrected chi connectivity index (χ1v) is 7.66. The van der Waals surface area contributed by atoms with Gasteiger partial charge >= 0.3 is 0 Å². The summed E-state index contributed by atoms with van der Waals surface area (Å²) >= 11 is 0. The van der Waals surface area contributed by atoms with Crippen molar-refractivity contribution in [1.82, 2.24) is 0 Å². The Hall–Kier alpha value is -2.02. The Morgan fingerprint density at radius 2 is 1.62 bits per heavy atom. The molecule has 0 amide bonds. The Kier molecular flexibility index (Phi) is 3.59. The lowest BCUT2D eigenvalue weighted by atomic mass is 9.67. The maximum absolute atomic E-state index is 9.59. The number of aryl methyl sites for hydroxylation is 1. The van der Waals surface area contributed by atoms with Crippen LogP contribution >= 0.6 is 0 Å². The van der Waals surface area contributed by atoms with Gasteiger partial charge in [-0.2, -0.15) is 0 Å². The van der Waals surface area contributed by atoms with E-state index >= 15 is 0 Å². The van der Waals surface area contributed by atoms with Crippen molar-refractivity contribution in [2.24, 2.45) is 5.92 Å². The average Bonchev–Trinajstić information content (AvgIpc) is 2.93. The molecule has 0 radical (unpaired) electrons. The third-order valence-electron chi connectivity index (χ3n) is 4.95. The van der Waals surface area contributed by atoms with E-state index in [4.69, 9.17) is 0 Å². The average molecular weight is 278 g/mol. The molecule has 1 aliphatic carbocycles. The van der Waals surface area contributed by atoms with Gasteiger partial charge in [-0.15, -0.1) is 6.58 Å². The number of hydrogen-bond donors (Lipinski definition) is 1. The van der Waals surface area contributed by atoms with E-state index in [1.807, 2.05) is 0 Å². The van der Waals surface area contributed by atoms with Gasteiger partial charge in [0, 0.05) is 5.41 Å². The molecule has 108 valence electrons. The molecule has 0 aliphatic heterocycles. The molecule has 1 saturated carbocycles. The van der Waals surface area contributed by atoms with Crippen molar-refractivity contribution in [2.75, 3.05) is 0 Å². The Bertz CT molecular complexity index is 576. The van der Waals surface area contributed by atoms with Gasteiger partial charge in [-0.25, -0.2) is 0 Å². The lowest BCUT2D eigenvalue weighted by molar-refractivity contribution is 0.441. The van der Waals surface area contributed by atoms with Crippen molar-refractivity contribution >= 4 is 0 Å². The molecule has 0 saturated heterocycles. The molecule has 3 rings (SSSR count). The molecule has 1 fully saturated rings. The highest BCUT2D eigenvalue weighted by Gasteiger charge is 2.43. The summed E-state index contributed by atoms with van der Waals surface area (Å²) in [4.78, 5) is 0. The van der Waals surface area contributed by atoms with Crippen LogP contribution in [0.3, 0.4) is 0 Å². The number of phenolic OH excluding ortho intramolecular Hbond substituents is 1. The fraction of sp³-hybridized carbons (Fsp3) is 0.300. The van der Waals surface area contributed by atoms with Crippen molar-refractivity contribution in [3.05, 3.63) is 77.9 Å². The number of allylic oxidation sites excluding steroid dienone is 1. The number of aromatic hydroxyl groups is 1. The first-order chi connectivity index (χ1) is 10.2. The summed E-state index contributed by atoms with van der Waals surface area (Å²) in [6, 6.07) is 16.6. The van der Waals surface area contributed by atoms with Gasteiger partial charge in [-0.3, -0.25) is 0 Å². The third kappa shape index (κ3) is 2.27. The van der Waals surface area contributed by atoms with Crippen molar-refractivity contribution < 1.29 is 5.11 Å². The number of hydrogen-bond acceptors (Lipinski definition) is 1. The zero-order valence-corrected chi connectivity index (χ0v) is 12.5. The van der Waals surface area contributed by atoms with Gasteiger partial charge in [-0.1, -0.05) is 54.5 Å². The molecule has 21 heavy (non-hydrogen) atoms. The summed E-state index contributed by atoms with van der Waals surface area (Å²) in [5, 5.41) is 9.59. The monoisotopic (exact) mass is 278 g/mol. The maximum atomic E-state index is 9.59. The van der Waals surface area contributed by atoms with Crippen molar-refractivity contribution in [2.45, 2.75) is 31.6 Å². The number of rotatable bonds is 3. The second-order valence-electron chi connectivity index (χ2n) is 6.12. The van der Waals surface area contributed by atoms with Gasteiger partial charge in [0.1, 0.15) is 5.75 Å². The molecule has 2 atom stereocenters.